The summed E-state index contributed by atoms with van der Waals surface area (Å²) >= 11 is -3.42. The molecule has 0 bridgehead atoms. The first kappa shape index (κ1) is 5.68. The molecule has 0 fully saturated rings. The van der Waals surface area contributed by atoms with Gasteiger partial charge in [-0.1, -0.05) is 0 Å². The Balaban J connectivity index is 3.57. The van der Waals surface area contributed by atoms with Gasteiger partial charge in [0.15, 0.2) is 0 Å². The van der Waals surface area contributed by atoms with Crippen LogP contribution in [0.15, 0.2) is 0 Å². The van der Waals surface area contributed by atoms with Gasteiger partial charge in [-0.25, -0.2) is 9.00 Å². The van der Waals surface area contributed by atoms with Crippen molar-refractivity contribution in [1.29, 1.82) is 0 Å². The molecule has 1 unspecified atom stereocenters. The van der Waals surface area contributed by atoms with Crippen molar-refractivity contribution in [1.82, 2.24) is 0 Å². The summed E-state index contributed by atoms with van der Waals surface area (Å²) in [6, 6.07) is 0. The van der Waals surface area contributed by atoms with Gasteiger partial charge in [0.1, 0.15) is 0 Å². The molecule has 0 heterocycles. The molecule has 0 saturated heterocycles. The summed E-state index contributed by atoms with van der Waals surface area (Å²) in [5, 5.41) is -2.44. The molecule has 36 valence electrons. The highest BCUT2D eigenvalue weighted by atomic mass is 32.2. The maximum absolute atomic E-state index is 10.6. The molecule has 0 aromatic rings. The van der Waals surface area contributed by atoms with Crippen molar-refractivity contribution in [3.05, 3.63) is 0 Å². The maximum Gasteiger partial charge on any atom is 0.420 e. The SMILES string of the molecule is O=C(F)S(=O)F. The van der Waals surface area contributed by atoms with Crippen LogP contribution in [-0.4, -0.2) is 9.58 Å². The molecule has 0 aliphatic carbocycles. The average molecular weight is 114 g/mol. The average Bonchev–Trinajstić information content (AvgIpc) is 1.36. The Morgan fingerprint density at radius 1 is 1.67 bits per heavy atom. The molecule has 0 aromatic carbocycles. The molecular weight excluding hydrogens is 114 g/mol. The van der Waals surface area contributed by atoms with E-state index in [0.717, 1.165) is 0 Å². The van der Waals surface area contributed by atoms with Gasteiger partial charge in [-0.15, -0.1) is 8.28 Å². The lowest BCUT2D eigenvalue weighted by atomic mass is 11.7. The smallest absolute Gasteiger partial charge is 0.242 e. The second-order valence-corrected chi connectivity index (χ2v) is 1.23. The van der Waals surface area contributed by atoms with E-state index >= 15 is 0 Å². The molecule has 0 saturated carbocycles. The summed E-state index contributed by atoms with van der Waals surface area (Å²) in [5.74, 6) is 0. The quantitative estimate of drug-likeness (QED) is 0.434. The fourth-order valence-corrected chi connectivity index (χ4v) is 0. The summed E-state index contributed by atoms with van der Waals surface area (Å²) in [5.41, 5.74) is 0. The van der Waals surface area contributed by atoms with Gasteiger partial charge in [0.2, 0.25) is 0 Å². The monoisotopic (exact) mass is 114 g/mol. The van der Waals surface area contributed by atoms with Crippen LogP contribution in [0.3, 0.4) is 0 Å². The number of hydrogen-bond donors (Lipinski definition) is 0. The third-order valence-electron chi connectivity index (χ3n) is 0.126. The normalized spacial score (nSPS) is 13.7. The van der Waals surface area contributed by atoms with Gasteiger partial charge < -0.3 is 0 Å². The zero-order valence-corrected chi connectivity index (χ0v) is 3.30. The lowest BCUT2D eigenvalue weighted by Gasteiger charge is -1.65. The number of carbonyl (C=O) groups excluding carboxylic acids is 1. The van der Waals surface area contributed by atoms with E-state index in [9.17, 15) is 8.28 Å². The van der Waals surface area contributed by atoms with E-state index in [0.29, 0.717) is 0 Å². The number of halogens is 2. The van der Waals surface area contributed by atoms with Crippen LogP contribution in [-0.2, 0) is 11.2 Å². The van der Waals surface area contributed by atoms with Gasteiger partial charge in [0.05, 0.1) is 0 Å². The first-order chi connectivity index (χ1) is 2.64. The molecule has 5 heteroatoms. The van der Waals surface area contributed by atoms with Crippen molar-refractivity contribution in [3.8, 4) is 0 Å². The lowest BCUT2D eigenvalue weighted by molar-refractivity contribution is 0.243. The lowest BCUT2D eigenvalue weighted by Crippen LogP contribution is -1.85. The Labute approximate surface area is 34.9 Å². The van der Waals surface area contributed by atoms with Crippen LogP contribution in [0.5, 0.6) is 0 Å². The first-order valence-electron chi connectivity index (χ1n) is 0.918. The van der Waals surface area contributed by atoms with Crippen molar-refractivity contribution in [3.63, 3.8) is 0 Å². The highest BCUT2D eigenvalue weighted by Crippen LogP contribution is 1.86. The van der Waals surface area contributed by atoms with Crippen LogP contribution >= 0.6 is 0 Å². The molecule has 0 radical (unpaired) electrons. The summed E-state index contributed by atoms with van der Waals surface area (Å²) in [6.45, 7) is 0. The molecular formula is CF2O2S. The molecule has 1 atom stereocenters. The minimum atomic E-state index is -3.42. The highest BCUT2D eigenvalue weighted by Gasteiger charge is 2.04. The van der Waals surface area contributed by atoms with E-state index in [1.165, 1.54) is 0 Å². The minimum Gasteiger partial charge on any atom is -0.242 e. The fourth-order valence-electron chi connectivity index (χ4n) is 0. The van der Waals surface area contributed by atoms with E-state index in [1.54, 1.807) is 0 Å². The van der Waals surface area contributed by atoms with Crippen LogP contribution < -0.4 is 0 Å². The molecule has 6 heavy (non-hydrogen) atoms. The van der Waals surface area contributed by atoms with Crippen molar-refractivity contribution in [2.75, 3.05) is 0 Å². The second-order valence-electron chi connectivity index (χ2n) is 0.461. The summed E-state index contributed by atoms with van der Waals surface area (Å²) in [6.07, 6.45) is 0. The van der Waals surface area contributed by atoms with E-state index in [4.69, 9.17) is 9.00 Å². The second kappa shape index (κ2) is 1.96. The zero-order chi connectivity index (χ0) is 5.15. The van der Waals surface area contributed by atoms with Crippen LogP contribution in [0.2, 0.25) is 0 Å². The Hall–Kier alpha value is -0.320. The van der Waals surface area contributed by atoms with Crippen molar-refractivity contribution >= 4 is 16.6 Å². The first-order valence-corrected chi connectivity index (χ1v) is 1.97. The van der Waals surface area contributed by atoms with Crippen molar-refractivity contribution < 1.29 is 17.3 Å². The predicted molar refractivity (Wildman–Crippen MR) is 15.8 cm³/mol. The van der Waals surface area contributed by atoms with Crippen molar-refractivity contribution in [2.24, 2.45) is 0 Å². The number of carbonyl (C=O) groups is 1. The summed E-state index contributed by atoms with van der Waals surface area (Å²) < 4.78 is 29.9. The minimum absolute atomic E-state index is 2.44. The van der Waals surface area contributed by atoms with E-state index in [-0.39, 0.29) is 0 Å². The number of hydrogen-bond acceptors (Lipinski definition) is 2. The van der Waals surface area contributed by atoms with Crippen molar-refractivity contribution in [2.45, 2.75) is 0 Å². The predicted octanol–water partition coefficient (Wildman–Crippen LogP) is 0.709. The zero-order valence-electron chi connectivity index (χ0n) is 2.48. The Morgan fingerprint density at radius 2 is 1.83 bits per heavy atom. The molecule has 0 aliphatic heterocycles. The number of rotatable bonds is 0. The third kappa shape index (κ3) is 1.95. The maximum atomic E-state index is 10.6. The van der Waals surface area contributed by atoms with Crippen LogP contribution in [0.1, 0.15) is 0 Å². The largest absolute Gasteiger partial charge is 0.420 e. The summed E-state index contributed by atoms with van der Waals surface area (Å²) in [4.78, 5) is 8.80. The Morgan fingerprint density at radius 3 is 1.83 bits per heavy atom. The molecule has 0 aliphatic rings. The third-order valence-corrected chi connectivity index (χ3v) is 0.379. The Bertz CT molecular complexity index is 77.5. The van der Waals surface area contributed by atoms with E-state index in [1.807, 2.05) is 0 Å². The molecule has 0 rings (SSSR count). The van der Waals surface area contributed by atoms with Gasteiger partial charge in [0, 0.05) is 0 Å². The molecule has 0 N–H and O–H groups in total. The van der Waals surface area contributed by atoms with E-state index < -0.39 is 16.6 Å². The molecule has 0 amide bonds. The standard InChI is InChI=1S/CF2O2S/c2-1(4)6(3)5. The summed E-state index contributed by atoms with van der Waals surface area (Å²) in [7, 11) is 0. The van der Waals surface area contributed by atoms with Gasteiger partial charge >= 0.3 is 16.6 Å². The van der Waals surface area contributed by atoms with E-state index in [2.05, 4.69) is 0 Å². The van der Waals surface area contributed by atoms with Gasteiger partial charge in [-0.05, 0) is 0 Å². The van der Waals surface area contributed by atoms with Crippen LogP contribution in [0, 0.1) is 0 Å². The van der Waals surface area contributed by atoms with Crippen LogP contribution in [0.25, 0.3) is 0 Å². The highest BCUT2D eigenvalue weighted by molar-refractivity contribution is 7.95. The molecule has 2 nitrogen and oxygen atoms in total. The van der Waals surface area contributed by atoms with Gasteiger partial charge in [0.25, 0.3) is 0 Å². The van der Waals surface area contributed by atoms with Crippen LogP contribution in [0.4, 0.5) is 13.1 Å². The van der Waals surface area contributed by atoms with Gasteiger partial charge in [-0.3, -0.25) is 0 Å². The topological polar surface area (TPSA) is 34.1 Å². The molecule has 0 spiro atoms. The van der Waals surface area contributed by atoms with Gasteiger partial charge in [-0.2, -0.15) is 0 Å². The molecule has 0 aromatic heterocycles. The fraction of sp³-hybridized carbons (Fsp3) is 0. The Kier molecular flexibility index (Phi) is 1.86.